The van der Waals surface area contributed by atoms with Crippen LogP contribution in [0.2, 0.25) is 0 Å². The molecule has 16 heavy (non-hydrogen) atoms. The smallest absolute Gasteiger partial charge is 0.313 e. The van der Waals surface area contributed by atoms with Gasteiger partial charge in [0.05, 0.1) is 10.8 Å². The summed E-state index contributed by atoms with van der Waals surface area (Å²) in [6, 6.07) is 0. The molecule has 0 radical (unpaired) electrons. The minimum atomic E-state index is -1.36. The fraction of sp³-hybridized carbons (Fsp3) is 0.800. The summed E-state index contributed by atoms with van der Waals surface area (Å²) < 4.78 is 0. The Balaban J connectivity index is 3.38. The van der Waals surface area contributed by atoms with Crippen molar-refractivity contribution < 1.29 is 19.8 Å². The van der Waals surface area contributed by atoms with Crippen LogP contribution in [0.5, 0.6) is 0 Å². The number of carbonyl (C=O) groups is 2. The van der Waals surface area contributed by atoms with Crippen molar-refractivity contribution in [3.8, 4) is 0 Å². The van der Waals surface area contributed by atoms with Gasteiger partial charge in [-0.15, -0.1) is 11.8 Å². The maximum atomic E-state index is 11.5. The molecule has 0 spiro atoms. The van der Waals surface area contributed by atoms with E-state index in [1.54, 1.807) is 13.8 Å². The van der Waals surface area contributed by atoms with Gasteiger partial charge in [-0.3, -0.25) is 9.59 Å². The predicted molar refractivity (Wildman–Crippen MR) is 61.2 cm³/mol. The molecular weight excluding hydrogens is 230 g/mol. The van der Waals surface area contributed by atoms with Crippen LogP contribution < -0.4 is 5.73 Å². The molecule has 1 heterocycles. The highest BCUT2D eigenvalue weighted by Crippen LogP contribution is 2.57. The molecule has 0 aromatic rings. The third-order valence-electron chi connectivity index (χ3n) is 3.80. The van der Waals surface area contributed by atoms with Gasteiger partial charge in [0.2, 0.25) is 0 Å². The molecule has 5 nitrogen and oxygen atoms in total. The van der Waals surface area contributed by atoms with Crippen LogP contribution >= 0.6 is 11.8 Å². The van der Waals surface area contributed by atoms with E-state index in [0.717, 1.165) is 0 Å². The monoisotopic (exact) mass is 247 g/mol. The summed E-state index contributed by atoms with van der Waals surface area (Å²) in [5, 5.41) is 18.1. The summed E-state index contributed by atoms with van der Waals surface area (Å²) in [6.45, 7) is 3.40. The maximum absolute atomic E-state index is 11.5. The van der Waals surface area contributed by atoms with Crippen molar-refractivity contribution in [2.45, 2.75) is 32.1 Å². The van der Waals surface area contributed by atoms with Crippen molar-refractivity contribution in [1.82, 2.24) is 0 Å². The Labute approximate surface area is 98.4 Å². The molecule has 0 bridgehead atoms. The standard InChI is InChI=1S/C10H17NO4S/c1-3-9(7(12)13)5-16-6(11)10(9,4-2)8(14)15/h6H,3-5,11H2,1-2H3,(H,12,13)(H,14,15). The van der Waals surface area contributed by atoms with E-state index < -0.39 is 28.1 Å². The van der Waals surface area contributed by atoms with Gasteiger partial charge < -0.3 is 15.9 Å². The SMILES string of the molecule is CCC1(C(=O)O)CSC(N)C1(CC)C(=O)O. The number of rotatable bonds is 4. The lowest BCUT2D eigenvalue weighted by Crippen LogP contribution is -2.56. The molecule has 0 aromatic heterocycles. The second kappa shape index (κ2) is 4.25. The van der Waals surface area contributed by atoms with Crippen LogP contribution in [0.4, 0.5) is 0 Å². The zero-order valence-electron chi connectivity index (χ0n) is 9.40. The summed E-state index contributed by atoms with van der Waals surface area (Å²) in [5.41, 5.74) is 3.22. The zero-order chi connectivity index (χ0) is 12.6. The number of nitrogens with two attached hydrogens (primary N) is 1. The Kier molecular flexibility index (Phi) is 3.54. The summed E-state index contributed by atoms with van der Waals surface area (Å²) in [4.78, 5) is 22.9. The van der Waals surface area contributed by atoms with Crippen molar-refractivity contribution in [3.05, 3.63) is 0 Å². The maximum Gasteiger partial charge on any atom is 0.313 e. The highest BCUT2D eigenvalue weighted by molar-refractivity contribution is 8.00. The Hall–Kier alpha value is -0.750. The molecule has 3 unspecified atom stereocenters. The fourth-order valence-corrected chi connectivity index (χ4v) is 4.44. The van der Waals surface area contributed by atoms with Crippen LogP contribution in [-0.2, 0) is 9.59 Å². The van der Waals surface area contributed by atoms with Gasteiger partial charge in [-0.2, -0.15) is 0 Å². The average Bonchev–Trinajstić information content (AvgIpc) is 2.52. The first-order valence-corrected chi connectivity index (χ1v) is 6.28. The van der Waals surface area contributed by atoms with Gasteiger partial charge in [-0.1, -0.05) is 13.8 Å². The van der Waals surface area contributed by atoms with Crippen molar-refractivity contribution in [2.24, 2.45) is 16.6 Å². The van der Waals surface area contributed by atoms with Crippen LogP contribution in [0, 0.1) is 10.8 Å². The molecule has 0 aliphatic carbocycles. The van der Waals surface area contributed by atoms with Crippen LogP contribution in [-0.4, -0.2) is 33.3 Å². The van der Waals surface area contributed by atoms with Crippen molar-refractivity contribution >= 4 is 23.7 Å². The molecular formula is C10H17NO4S. The Bertz CT molecular complexity index is 322. The summed E-state index contributed by atoms with van der Waals surface area (Å²) in [7, 11) is 0. The molecule has 1 saturated heterocycles. The predicted octanol–water partition coefficient (Wildman–Crippen LogP) is 0.980. The zero-order valence-corrected chi connectivity index (χ0v) is 10.2. The van der Waals surface area contributed by atoms with Crippen LogP contribution in [0.15, 0.2) is 0 Å². The molecule has 0 aromatic carbocycles. The van der Waals surface area contributed by atoms with Crippen LogP contribution in [0.1, 0.15) is 26.7 Å². The topological polar surface area (TPSA) is 101 Å². The van der Waals surface area contributed by atoms with Gasteiger partial charge in [0.15, 0.2) is 0 Å². The lowest BCUT2D eigenvalue weighted by Gasteiger charge is -2.39. The third kappa shape index (κ3) is 1.36. The molecule has 0 amide bonds. The van der Waals surface area contributed by atoms with E-state index in [0.29, 0.717) is 0 Å². The van der Waals surface area contributed by atoms with Crippen molar-refractivity contribution in [1.29, 1.82) is 0 Å². The first-order chi connectivity index (χ1) is 7.39. The second-order valence-electron chi connectivity index (χ2n) is 4.10. The van der Waals surface area contributed by atoms with Crippen LogP contribution in [0.3, 0.4) is 0 Å². The van der Waals surface area contributed by atoms with E-state index >= 15 is 0 Å². The Morgan fingerprint density at radius 3 is 2.12 bits per heavy atom. The molecule has 4 N–H and O–H groups in total. The highest BCUT2D eigenvalue weighted by Gasteiger charge is 2.66. The highest BCUT2D eigenvalue weighted by atomic mass is 32.2. The lowest BCUT2D eigenvalue weighted by molar-refractivity contribution is -0.171. The van der Waals surface area contributed by atoms with Gasteiger partial charge >= 0.3 is 11.9 Å². The quantitative estimate of drug-likeness (QED) is 0.684. The Morgan fingerprint density at radius 2 is 1.88 bits per heavy atom. The van der Waals surface area contributed by atoms with Crippen molar-refractivity contribution in [3.63, 3.8) is 0 Å². The number of hydrogen-bond acceptors (Lipinski definition) is 4. The third-order valence-corrected chi connectivity index (χ3v) is 5.22. The van der Waals surface area contributed by atoms with Gasteiger partial charge in [0.25, 0.3) is 0 Å². The van der Waals surface area contributed by atoms with E-state index in [1.807, 2.05) is 0 Å². The number of thioether (sulfide) groups is 1. The normalized spacial score (nSPS) is 38.6. The average molecular weight is 247 g/mol. The fourth-order valence-electron chi connectivity index (χ4n) is 2.61. The first kappa shape index (κ1) is 13.3. The number of aliphatic carboxylic acids is 2. The first-order valence-electron chi connectivity index (χ1n) is 5.23. The van der Waals surface area contributed by atoms with Crippen LogP contribution in [0.25, 0.3) is 0 Å². The molecule has 1 fully saturated rings. The van der Waals surface area contributed by atoms with Gasteiger partial charge in [-0.05, 0) is 12.8 Å². The molecule has 92 valence electrons. The Morgan fingerprint density at radius 1 is 1.31 bits per heavy atom. The molecule has 1 aliphatic rings. The minimum absolute atomic E-state index is 0.233. The number of hydrogen-bond donors (Lipinski definition) is 3. The van der Waals surface area contributed by atoms with Crippen molar-refractivity contribution in [2.75, 3.05) is 5.75 Å². The lowest BCUT2D eigenvalue weighted by atomic mass is 9.61. The summed E-state index contributed by atoms with van der Waals surface area (Å²) in [5.74, 6) is -1.89. The number of carboxylic acids is 2. The van der Waals surface area contributed by atoms with E-state index in [9.17, 15) is 19.8 Å². The molecule has 1 aliphatic heterocycles. The van der Waals surface area contributed by atoms with Gasteiger partial charge in [0.1, 0.15) is 5.41 Å². The largest absolute Gasteiger partial charge is 0.481 e. The van der Waals surface area contributed by atoms with E-state index in [2.05, 4.69) is 0 Å². The number of carboxylic acid groups (broad SMARTS) is 2. The van der Waals surface area contributed by atoms with E-state index in [4.69, 9.17) is 5.73 Å². The molecule has 3 atom stereocenters. The van der Waals surface area contributed by atoms with Gasteiger partial charge in [0, 0.05) is 5.75 Å². The van der Waals surface area contributed by atoms with E-state index in [1.165, 1.54) is 11.8 Å². The molecule has 1 rings (SSSR count). The second-order valence-corrected chi connectivity index (χ2v) is 5.23. The van der Waals surface area contributed by atoms with Gasteiger partial charge in [-0.25, -0.2) is 0 Å². The van der Waals surface area contributed by atoms with E-state index in [-0.39, 0.29) is 18.6 Å². The minimum Gasteiger partial charge on any atom is -0.481 e. The summed E-state index contributed by atoms with van der Waals surface area (Å²) >= 11 is 1.23. The summed E-state index contributed by atoms with van der Waals surface area (Å²) in [6.07, 6.45) is 0.514. The molecule has 6 heteroatoms. The molecule has 0 saturated carbocycles.